The molecule has 0 aliphatic rings. The maximum absolute atomic E-state index is 11.6. The monoisotopic (exact) mass is 300 g/mol. The average molecular weight is 301 g/mol. The van der Waals surface area contributed by atoms with E-state index >= 15 is 0 Å². The number of amides is 2. The Kier molecular flexibility index (Phi) is 6.83. The molecule has 0 saturated carbocycles. The minimum Gasteiger partial charge on any atom is -0.480 e. The van der Waals surface area contributed by atoms with Gasteiger partial charge in [0.25, 0.3) is 0 Å². The van der Waals surface area contributed by atoms with Gasteiger partial charge >= 0.3 is 12.0 Å². The van der Waals surface area contributed by atoms with Crippen LogP contribution in [-0.4, -0.2) is 36.9 Å². The summed E-state index contributed by atoms with van der Waals surface area (Å²) in [4.78, 5) is 21.8. The van der Waals surface area contributed by atoms with Gasteiger partial charge in [0.05, 0.1) is 12.6 Å². The fraction of sp³-hybridized carbons (Fsp3) is 0.385. The number of hydrogen-bond acceptors (Lipinski definition) is 3. The molecule has 1 aromatic carbocycles. The van der Waals surface area contributed by atoms with Crippen molar-refractivity contribution in [3.8, 4) is 0 Å². The molecule has 0 fully saturated rings. The van der Waals surface area contributed by atoms with Gasteiger partial charge in [-0.3, -0.25) is 0 Å². The number of carbonyl (C=O) groups is 2. The summed E-state index contributed by atoms with van der Waals surface area (Å²) in [6, 6.07) is 6.66. The second-order valence-electron chi connectivity index (χ2n) is 4.09. The Morgan fingerprint density at radius 2 is 2.10 bits per heavy atom. The highest BCUT2D eigenvalue weighted by Gasteiger charge is 2.11. The van der Waals surface area contributed by atoms with E-state index < -0.39 is 5.97 Å². The summed E-state index contributed by atoms with van der Waals surface area (Å²) in [5.74, 6) is -1.04. The number of benzene rings is 1. The lowest BCUT2D eigenvalue weighted by Gasteiger charge is -2.16. The van der Waals surface area contributed by atoms with Crippen molar-refractivity contribution in [3.63, 3.8) is 0 Å². The van der Waals surface area contributed by atoms with Gasteiger partial charge in [0.2, 0.25) is 0 Å². The van der Waals surface area contributed by atoms with Crippen LogP contribution in [0.5, 0.6) is 0 Å². The van der Waals surface area contributed by atoms with Gasteiger partial charge in [-0.2, -0.15) is 0 Å². The molecule has 0 aliphatic carbocycles. The Hall–Kier alpha value is -1.79. The van der Waals surface area contributed by atoms with Gasteiger partial charge in [-0.05, 0) is 18.6 Å². The quantitative estimate of drug-likeness (QED) is 0.670. The molecule has 0 aliphatic heterocycles. The van der Waals surface area contributed by atoms with Crippen LogP contribution < -0.4 is 10.6 Å². The first-order valence-electron chi connectivity index (χ1n) is 6.09. The molecule has 0 bridgehead atoms. The van der Waals surface area contributed by atoms with Gasteiger partial charge in [-0.15, -0.1) is 0 Å². The summed E-state index contributed by atoms with van der Waals surface area (Å²) in [5.41, 5.74) is 0.825. The lowest BCUT2D eigenvalue weighted by atomic mass is 10.1. The topological polar surface area (TPSA) is 87.7 Å². The zero-order valence-electron chi connectivity index (χ0n) is 11.1. The predicted molar refractivity (Wildman–Crippen MR) is 74.9 cm³/mol. The third-order valence-corrected chi connectivity index (χ3v) is 2.82. The van der Waals surface area contributed by atoms with Crippen LogP contribution in [0.25, 0.3) is 0 Å². The first kappa shape index (κ1) is 16.3. The molecule has 0 saturated heterocycles. The normalized spacial score (nSPS) is 11.7. The van der Waals surface area contributed by atoms with E-state index in [1.807, 2.05) is 25.1 Å². The maximum atomic E-state index is 11.6. The molecule has 1 unspecified atom stereocenters. The number of halogens is 1. The molecule has 6 nitrogen and oxygen atoms in total. The number of aliphatic carboxylic acids is 1. The van der Waals surface area contributed by atoms with E-state index in [1.165, 1.54) is 0 Å². The highest BCUT2D eigenvalue weighted by atomic mass is 35.5. The predicted octanol–water partition coefficient (Wildman–Crippen LogP) is 1.80. The van der Waals surface area contributed by atoms with Crippen LogP contribution in [0.15, 0.2) is 24.3 Å². The van der Waals surface area contributed by atoms with E-state index in [4.69, 9.17) is 21.4 Å². The molecule has 0 spiro atoms. The Morgan fingerprint density at radius 3 is 2.75 bits per heavy atom. The molecule has 20 heavy (non-hydrogen) atoms. The van der Waals surface area contributed by atoms with E-state index in [-0.39, 0.29) is 31.8 Å². The average Bonchev–Trinajstić information content (AvgIpc) is 2.38. The summed E-state index contributed by atoms with van der Waals surface area (Å²) >= 11 is 6.03. The lowest BCUT2D eigenvalue weighted by Crippen LogP contribution is -2.38. The van der Waals surface area contributed by atoms with Gasteiger partial charge in [0.15, 0.2) is 0 Å². The third kappa shape index (κ3) is 5.90. The first-order valence-corrected chi connectivity index (χ1v) is 6.47. The van der Waals surface area contributed by atoms with Crippen molar-refractivity contribution in [2.75, 3.05) is 19.8 Å². The van der Waals surface area contributed by atoms with E-state index in [1.54, 1.807) is 6.07 Å². The zero-order chi connectivity index (χ0) is 15.0. The van der Waals surface area contributed by atoms with Gasteiger partial charge in [-0.25, -0.2) is 9.59 Å². The molecular weight excluding hydrogens is 284 g/mol. The lowest BCUT2D eigenvalue weighted by molar-refractivity contribution is -0.142. The fourth-order valence-corrected chi connectivity index (χ4v) is 1.85. The number of ether oxygens (including phenoxy) is 1. The van der Waals surface area contributed by atoms with Crippen LogP contribution >= 0.6 is 11.6 Å². The van der Waals surface area contributed by atoms with Crippen molar-refractivity contribution >= 4 is 23.6 Å². The summed E-state index contributed by atoms with van der Waals surface area (Å²) in [7, 11) is 0. The third-order valence-electron chi connectivity index (χ3n) is 2.48. The molecule has 7 heteroatoms. The number of hydrogen-bond donors (Lipinski definition) is 3. The maximum Gasteiger partial charge on any atom is 0.329 e. The fourth-order valence-electron chi connectivity index (χ4n) is 1.55. The van der Waals surface area contributed by atoms with Gasteiger partial charge in [0.1, 0.15) is 6.61 Å². The summed E-state index contributed by atoms with van der Waals surface area (Å²) in [5, 5.41) is 14.2. The zero-order valence-corrected chi connectivity index (χ0v) is 11.8. The van der Waals surface area contributed by atoms with Crippen molar-refractivity contribution < 1.29 is 19.4 Å². The molecule has 2 amide bonds. The SMILES string of the molecule is CC(NC(=O)NCCOCC(=O)O)c1ccccc1Cl. The number of rotatable bonds is 7. The van der Waals surface area contributed by atoms with Crippen molar-refractivity contribution in [2.24, 2.45) is 0 Å². The van der Waals surface area contributed by atoms with E-state index in [0.29, 0.717) is 5.02 Å². The standard InChI is InChI=1S/C13H17ClN2O4/c1-9(10-4-2-3-5-11(10)14)16-13(19)15-6-7-20-8-12(17)18/h2-5,9H,6-8H2,1H3,(H,17,18)(H2,15,16,19). The smallest absolute Gasteiger partial charge is 0.329 e. The largest absolute Gasteiger partial charge is 0.480 e. The van der Waals surface area contributed by atoms with Crippen molar-refractivity contribution in [2.45, 2.75) is 13.0 Å². The summed E-state index contributed by atoms with van der Waals surface area (Å²) in [6.45, 7) is 1.82. The highest BCUT2D eigenvalue weighted by Crippen LogP contribution is 2.21. The minimum atomic E-state index is -1.04. The Labute approximate surface area is 122 Å². The van der Waals surface area contributed by atoms with Crippen LogP contribution in [0.4, 0.5) is 4.79 Å². The van der Waals surface area contributed by atoms with E-state index in [9.17, 15) is 9.59 Å². The summed E-state index contributed by atoms with van der Waals surface area (Å²) < 4.78 is 4.79. The molecule has 1 rings (SSSR count). The summed E-state index contributed by atoms with van der Waals surface area (Å²) in [6.07, 6.45) is 0. The Bertz CT molecular complexity index is 467. The van der Waals surface area contributed by atoms with Crippen LogP contribution in [0.2, 0.25) is 5.02 Å². The number of carboxylic acid groups (broad SMARTS) is 1. The number of carboxylic acids is 1. The number of carbonyl (C=O) groups excluding carboxylic acids is 1. The van der Waals surface area contributed by atoms with Gasteiger partial charge < -0.3 is 20.5 Å². The van der Waals surface area contributed by atoms with Gasteiger partial charge in [0, 0.05) is 11.6 Å². The molecule has 110 valence electrons. The highest BCUT2D eigenvalue weighted by molar-refractivity contribution is 6.31. The minimum absolute atomic E-state index is 0.139. The molecule has 0 aromatic heterocycles. The first-order chi connectivity index (χ1) is 9.50. The molecule has 1 atom stereocenters. The Morgan fingerprint density at radius 1 is 1.40 bits per heavy atom. The van der Waals surface area contributed by atoms with Crippen LogP contribution in [-0.2, 0) is 9.53 Å². The van der Waals surface area contributed by atoms with Crippen LogP contribution in [0.1, 0.15) is 18.5 Å². The molecule has 0 radical (unpaired) electrons. The molecule has 1 aromatic rings. The molecular formula is C13H17ClN2O4. The molecule has 3 N–H and O–H groups in total. The van der Waals surface area contributed by atoms with Gasteiger partial charge in [-0.1, -0.05) is 29.8 Å². The second kappa shape index (κ2) is 8.39. The van der Waals surface area contributed by atoms with Crippen molar-refractivity contribution in [1.82, 2.24) is 10.6 Å². The Balaban J connectivity index is 2.28. The van der Waals surface area contributed by atoms with Crippen molar-refractivity contribution in [3.05, 3.63) is 34.9 Å². The van der Waals surface area contributed by atoms with Crippen LogP contribution in [0, 0.1) is 0 Å². The number of nitrogens with one attached hydrogen (secondary N) is 2. The van der Waals surface area contributed by atoms with E-state index in [2.05, 4.69) is 10.6 Å². The number of urea groups is 1. The molecule has 0 heterocycles. The van der Waals surface area contributed by atoms with Crippen LogP contribution in [0.3, 0.4) is 0 Å². The van der Waals surface area contributed by atoms with E-state index in [0.717, 1.165) is 5.56 Å². The van der Waals surface area contributed by atoms with Crippen molar-refractivity contribution in [1.29, 1.82) is 0 Å². The second-order valence-corrected chi connectivity index (χ2v) is 4.50.